The van der Waals surface area contributed by atoms with Crippen LogP contribution in [0.2, 0.25) is 0 Å². The molecule has 7 nitrogen and oxygen atoms in total. The molecule has 1 aliphatic heterocycles. The number of carboxylic acid groups (broad SMARTS) is 1. The van der Waals surface area contributed by atoms with E-state index >= 15 is 0 Å². The Morgan fingerprint density at radius 3 is 2.67 bits per heavy atom. The van der Waals surface area contributed by atoms with E-state index in [4.69, 9.17) is 17.3 Å². The van der Waals surface area contributed by atoms with E-state index in [0.29, 0.717) is 0 Å². The van der Waals surface area contributed by atoms with Gasteiger partial charge in [0.05, 0.1) is 9.80 Å². The Bertz CT molecular complexity index is 831. The molecule has 0 aromatic heterocycles. The molecule has 1 saturated heterocycles. The molecule has 128 valence electrons. The lowest BCUT2D eigenvalue weighted by molar-refractivity contribution is -0.137. The Hall–Kier alpha value is -1.75. The molecule has 1 amide bonds. The second-order valence-corrected chi connectivity index (χ2v) is 7.85. The summed E-state index contributed by atoms with van der Waals surface area (Å²) in [5.41, 5.74) is 0.110. The lowest BCUT2D eigenvalue weighted by Gasteiger charge is -2.13. The van der Waals surface area contributed by atoms with Crippen LogP contribution >= 0.6 is 24.0 Å². The number of thiocarbonyl (C=S) groups is 1. The smallest absolute Gasteiger partial charge is 0.303 e. The van der Waals surface area contributed by atoms with Crippen LogP contribution in [0.15, 0.2) is 34.1 Å². The highest BCUT2D eigenvalue weighted by atomic mass is 32.2. The molecule has 1 N–H and O–H groups in total. The predicted molar refractivity (Wildman–Crippen MR) is 91.2 cm³/mol. The van der Waals surface area contributed by atoms with E-state index in [9.17, 15) is 22.6 Å². The molecule has 1 aromatic carbocycles. The van der Waals surface area contributed by atoms with Crippen LogP contribution in [0.1, 0.15) is 18.4 Å². The van der Waals surface area contributed by atoms with Crippen molar-refractivity contribution in [2.24, 2.45) is 0 Å². The lowest BCUT2D eigenvalue weighted by Crippen LogP contribution is -2.29. The van der Waals surface area contributed by atoms with Crippen molar-refractivity contribution in [2.45, 2.75) is 17.7 Å². The monoisotopic (exact) mass is 386 g/mol. The minimum Gasteiger partial charge on any atom is -0.744 e. The Morgan fingerprint density at radius 2 is 2.04 bits per heavy atom. The minimum absolute atomic E-state index is 0.0899. The van der Waals surface area contributed by atoms with E-state index in [1.165, 1.54) is 29.2 Å². The number of hydrogen-bond acceptors (Lipinski definition) is 7. The van der Waals surface area contributed by atoms with Gasteiger partial charge in [0.2, 0.25) is 0 Å². The summed E-state index contributed by atoms with van der Waals surface area (Å²) < 4.78 is 34.1. The lowest BCUT2D eigenvalue weighted by atomic mass is 10.2. The number of thioether (sulfide) groups is 1. The number of carbonyl (C=O) groups is 2. The van der Waals surface area contributed by atoms with Gasteiger partial charge < -0.3 is 9.66 Å². The molecule has 0 bridgehead atoms. The van der Waals surface area contributed by atoms with Crippen LogP contribution in [0.5, 0.6) is 0 Å². The second kappa shape index (κ2) is 7.43. The molecule has 1 heterocycles. The summed E-state index contributed by atoms with van der Waals surface area (Å²) in [6.07, 6.45) is 1.47. The first-order chi connectivity index (χ1) is 11.2. The van der Waals surface area contributed by atoms with E-state index in [2.05, 4.69) is 0 Å². The first-order valence-corrected chi connectivity index (χ1v) is 9.35. The summed E-state index contributed by atoms with van der Waals surface area (Å²) in [5, 5.41) is 8.63. The number of hydrogen-bond donors (Lipinski definition) is 1. The summed E-state index contributed by atoms with van der Waals surface area (Å²) >= 11 is 6.08. The summed E-state index contributed by atoms with van der Waals surface area (Å²) in [6, 6.07) is 5.55. The van der Waals surface area contributed by atoms with E-state index < -0.39 is 26.9 Å². The molecule has 0 radical (unpaired) electrons. The Kier molecular flexibility index (Phi) is 5.75. The van der Waals surface area contributed by atoms with Gasteiger partial charge in [-0.25, -0.2) is 8.42 Å². The highest BCUT2D eigenvalue weighted by Gasteiger charge is 2.31. The van der Waals surface area contributed by atoms with Crippen LogP contribution < -0.4 is 0 Å². The number of nitrogens with zero attached hydrogens (tertiary/aromatic N) is 1. The molecule has 0 spiro atoms. The molecule has 0 atom stereocenters. The van der Waals surface area contributed by atoms with Crippen LogP contribution in [-0.4, -0.2) is 45.7 Å². The third-order valence-electron chi connectivity index (χ3n) is 3.12. The number of carbonyl (C=O) groups excluding carboxylic acids is 1. The van der Waals surface area contributed by atoms with Crippen molar-refractivity contribution in [1.29, 1.82) is 0 Å². The standard InChI is InChI=1S/C14H13NO6S3/c16-12(17)6-3-7-15-13(18)10(23-14(15)22)8-9-4-1-2-5-11(9)24(19,20)21/h1-2,4-5,8H,3,6-7H2,(H,16,17)(H,19,20,21)/p-1/b10-8-. The van der Waals surface area contributed by atoms with Crippen molar-refractivity contribution < 1.29 is 27.7 Å². The van der Waals surface area contributed by atoms with Crippen molar-refractivity contribution in [3.8, 4) is 0 Å². The zero-order valence-electron chi connectivity index (χ0n) is 12.2. The van der Waals surface area contributed by atoms with Crippen molar-refractivity contribution >= 4 is 56.4 Å². The highest BCUT2D eigenvalue weighted by Crippen LogP contribution is 2.33. The summed E-state index contributed by atoms with van der Waals surface area (Å²) in [6.45, 7) is 0.163. The first-order valence-electron chi connectivity index (χ1n) is 6.72. The van der Waals surface area contributed by atoms with E-state index in [1.807, 2.05) is 0 Å². The molecule has 2 rings (SSSR count). The van der Waals surface area contributed by atoms with Gasteiger partial charge in [0.1, 0.15) is 14.4 Å². The highest BCUT2D eigenvalue weighted by molar-refractivity contribution is 8.26. The third-order valence-corrected chi connectivity index (χ3v) is 5.41. The van der Waals surface area contributed by atoms with Gasteiger partial charge in [-0.15, -0.1) is 0 Å². The van der Waals surface area contributed by atoms with Gasteiger partial charge in [0.15, 0.2) is 0 Å². The fourth-order valence-electron chi connectivity index (χ4n) is 2.05. The molecule has 1 aliphatic rings. The third kappa shape index (κ3) is 4.41. The number of rotatable bonds is 6. The number of aliphatic carboxylic acids is 1. The molecule has 0 saturated carbocycles. The molecule has 1 aromatic rings. The van der Waals surface area contributed by atoms with Crippen molar-refractivity contribution in [3.05, 3.63) is 34.7 Å². The minimum atomic E-state index is -4.67. The SMILES string of the molecule is O=C(O)CCCN1C(=O)/C(=C/c2ccccc2S(=O)(=O)[O-])SC1=S. The molecule has 10 heteroatoms. The van der Waals surface area contributed by atoms with Crippen molar-refractivity contribution in [3.63, 3.8) is 0 Å². The molecular formula is C14H12NO6S3-. The maximum absolute atomic E-state index is 12.3. The van der Waals surface area contributed by atoms with Gasteiger partial charge >= 0.3 is 5.97 Å². The summed E-state index contributed by atoms with van der Waals surface area (Å²) in [7, 11) is -4.67. The van der Waals surface area contributed by atoms with E-state index in [-0.39, 0.29) is 34.2 Å². The van der Waals surface area contributed by atoms with E-state index in [0.717, 1.165) is 11.8 Å². The van der Waals surface area contributed by atoms with Gasteiger partial charge in [0.25, 0.3) is 5.91 Å². The number of carboxylic acids is 1. The van der Waals surface area contributed by atoms with Crippen molar-refractivity contribution in [2.75, 3.05) is 6.54 Å². The predicted octanol–water partition coefficient (Wildman–Crippen LogP) is 1.66. The van der Waals surface area contributed by atoms with Crippen LogP contribution in [0.4, 0.5) is 0 Å². The maximum atomic E-state index is 12.3. The zero-order chi connectivity index (χ0) is 17.9. The average molecular weight is 386 g/mol. The fraction of sp³-hybridized carbons (Fsp3) is 0.214. The zero-order valence-corrected chi connectivity index (χ0v) is 14.6. The Balaban J connectivity index is 2.25. The molecule has 1 fully saturated rings. The molecule has 0 aliphatic carbocycles. The normalized spacial score (nSPS) is 16.9. The second-order valence-electron chi connectivity index (χ2n) is 4.82. The Labute approximate surface area is 148 Å². The summed E-state index contributed by atoms with van der Waals surface area (Å²) in [5.74, 6) is -1.40. The van der Waals surface area contributed by atoms with E-state index in [1.54, 1.807) is 6.07 Å². The quantitative estimate of drug-likeness (QED) is 0.446. The maximum Gasteiger partial charge on any atom is 0.303 e. The fourth-order valence-corrected chi connectivity index (χ4v) is 4.01. The van der Waals surface area contributed by atoms with Gasteiger partial charge in [-0.1, -0.05) is 42.2 Å². The van der Waals surface area contributed by atoms with Gasteiger partial charge in [-0.05, 0) is 24.1 Å². The molecule has 24 heavy (non-hydrogen) atoms. The topological polar surface area (TPSA) is 115 Å². The van der Waals surface area contributed by atoms with Gasteiger partial charge in [0, 0.05) is 13.0 Å². The largest absolute Gasteiger partial charge is 0.744 e. The Morgan fingerprint density at radius 1 is 1.38 bits per heavy atom. The van der Waals surface area contributed by atoms with Gasteiger partial charge in [-0.2, -0.15) is 0 Å². The van der Waals surface area contributed by atoms with Crippen LogP contribution in [0.25, 0.3) is 6.08 Å². The number of amides is 1. The van der Waals surface area contributed by atoms with Gasteiger partial charge in [-0.3, -0.25) is 14.5 Å². The van der Waals surface area contributed by atoms with Crippen molar-refractivity contribution in [1.82, 2.24) is 4.90 Å². The molecule has 0 unspecified atom stereocenters. The average Bonchev–Trinajstić information content (AvgIpc) is 2.74. The van der Waals surface area contributed by atoms with Crippen LogP contribution in [-0.2, 0) is 19.7 Å². The first kappa shape index (κ1) is 18.6. The summed E-state index contributed by atoms with van der Waals surface area (Å²) in [4.78, 5) is 23.9. The van der Waals surface area contributed by atoms with Crippen LogP contribution in [0.3, 0.4) is 0 Å². The molecular weight excluding hydrogens is 374 g/mol. The number of benzene rings is 1. The van der Waals surface area contributed by atoms with Crippen LogP contribution in [0, 0.1) is 0 Å².